The van der Waals surface area contributed by atoms with Crippen LogP contribution >= 0.6 is 22.9 Å². The van der Waals surface area contributed by atoms with Crippen LogP contribution in [0.3, 0.4) is 0 Å². The molecule has 8 heteroatoms. The smallest absolute Gasteiger partial charge is 0.263 e. The molecule has 0 bridgehead atoms. The number of halogens is 1. The van der Waals surface area contributed by atoms with Crippen LogP contribution in [0.15, 0.2) is 61.1 Å². The molecule has 28 heavy (non-hydrogen) atoms. The van der Waals surface area contributed by atoms with Gasteiger partial charge in [0.05, 0.1) is 5.69 Å². The van der Waals surface area contributed by atoms with Crippen LogP contribution < -0.4 is 5.32 Å². The largest absolute Gasteiger partial charge is 0.347 e. The van der Waals surface area contributed by atoms with Crippen molar-refractivity contribution in [3.05, 3.63) is 82.2 Å². The number of thiazole rings is 1. The quantitative estimate of drug-likeness (QED) is 0.534. The Morgan fingerprint density at radius 1 is 1.21 bits per heavy atom. The number of hydrogen-bond acceptors (Lipinski definition) is 5. The summed E-state index contributed by atoms with van der Waals surface area (Å²) in [7, 11) is 0. The van der Waals surface area contributed by atoms with E-state index in [1.54, 1.807) is 17.1 Å². The van der Waals surface area contributed by atoms with Crippen LogP contribution in [0.2, 0.25) is 5.02 Å². The Labute approximate surface area is 170 Å². The third-order valence-electron chi connectivity index (χ3n) is 4.10. The molecule has 0 atom stereocenters. The predicted molar refractivity (Wildman–Crippen MR) is 110 cm³/mol. The minimum atomic E-state index is -0.168. The molecule has 0 spiro atoms. The molecule has 0 aliphatic carbocycles. The Hall–Kier alpha value is -3.03. The van der Waals surface area contributed by atoms with Crippen molar-refractivity contribution in [1.29, 1.82) is 0 Å². The number of carbonyl (C=O) groups is 1. The number of aryl methyl sites for hydroxylation is 1. The second-order valence-electron chi connectivity index (χ2n) is 6.06. The zero-order chi connectivity index (χ0) is 19.5. The highest BCUT2D eigenvalue weighted by Crippen LogP contribution is 2.29. The zero-order valence-electron chi connectivity index (χ0n) is 15.0. The Morgan fingerprint density at radius 3 is 2.89 bits per heavy atom. The lowest BCUT2D eigenvalue weighted by atomic mass is 10.2. The fourth-order valence-corrected chi connectivity index (χ4v) is 3.95. The van der Waals surface area contributed by atoms with Crippen molar-refractivity contribution in [2.45, 2.75) is 13.5 Å². The average Bonchev–Trinajstić information content (AvgIpc) is 3.36. The molecule has 1 aromatic carbocycles. The summed E-state index contributed by atoms with van der Waals surface area (Å²) in [4.78, 5) is 22.2. The number of hydrogen-bond donors (Lipinski definition) is 1. The Bertz CT molecular complexity index is 1120. The van der Waals surface area contributed by atoms with Crippen LogP contribution in [-0.2, 0) is 6.54 Å². The van der Waals surface area contributed by atoms with Gasteiger partial charge in [0, 0.05) is 41.3 Å². The third-order valence-corrected chi connectivity index (χ3v) is 5.54. The summed E-state index contributed by atoms with van der Waals surface area (Å²) in [5.41, 5.74) is 2.46. The Morgan fingerprint density at radius 2 is 2.11 bits per heavy atom. The maximum Gasteiger partial charge on any atom is 0.263 e. The summed E-state index contributed by atoms with van der Waals surface area (Å²) >= 11 is 7.41. The number of pyridine rings is 1. The third kappa shape index (κ3) is 3.81. The predicted octanol–water partition coefficient (Wildman–Crippen LogP) is 4.28. The monoisotopic (exact) mass is 409 g/mol. The molecule has 4 aromatic rings. The second-order valence-corrected chi connectivity index (χ2v) is 7.50. The van der Waals surface area contributed by atoms with Gasteiger partial charge in [-0.2, -0.15) is 5.10 Å². The SMILES string of the molecule is Cc1nc(-c2cccc(Cl)c2)sc1C(=O)NCc1cccnc1-n1cccn1. The van der Waals surface area contributed by atoms with Gasteiger partial charge in [0.15, 0.2) is 5.82 Å². The standard InChI is InChI=1S/C20H16ClN5OS/c1-13-17(28-20(25-13)14-5-2-7-16(21)11-14)19(27)23-12-15-6-3-8-22-18(15)26-10-4-9-24-26/h2-11H,12H2,1H3,(H,23,27). The normalized spacial score (nSPS) is 10.8. The molecule has 0 fully saturated rings. The number of aromatic nitrogens is 4. The highest BCUT2D eigenvalue weighted by molar-refractivity contribution is 7.17. The first-order valence-corrected chi connectivity index (χ1v) is 9.77. The first-order valence-electron chi connectivity index (χ1n) is 8.57. The van der Waals surface area contributed by atoms with E-state index >= 15 is 0 Å². The van der Waals surface area contributed by atoms with E-state index < -0.39 is 0 Å². The second kappa shape index (κ2) is 7.92. The summed E-state index contributed by atoms with van der Waals surface area (Å²) in [6.45, 7) is 2.17. The van der Waals surface area contributed by atoms with Crippen LogP contribution in [0.1, 0.15) is 20.9 Å². The molecular weight excluding hydrogens is 394 g/mol. The van der Waals surface area contributed by atoms with Crippen LogP contribution in [0, 0.1) is 6.92 Å². The highest BCUT2D eigenvalue weighted by atomic mass is 35.5. The first-order chi connectivity index (χ1) is 13.6. The van der Waals surface area contributed by atoms with Gasteiger partial charge < -0.3 is 5.32 Å². The van der Waals surface area contributed by atoms with Gasteiger partial charge in [-0.25, -0.2) is 14.6 Å². The maximum absolute atomic E-state index is 12.7. The van der Waals surface area contributed by atoms with Crippen molar-refractivity contribution in [2.24, 2.45) is 0 Å². The van der Waals surface area contributed by atoms with Crippen molar-refractivity contribution in [3.8, 4) is 16.4 Å². The van der Waals surface area contributed by atoms with E-state index in [-0.39, 0.29) is 5.91 Å². The van der Waals surface area contributed by atoms with E-state index in [1.807, 2.05) is 55.6 Å². The van der Waals surface area contributed by atoms with Crippen molar-refractivity contribution in [3.63, 3.8) is 0 Å². The average molecular weight is 410 g/mol. The summed E-state index contributed by atoms with van der Waals surface area (Å²) in [5.74, 6) is 0.520. The van der Waals surface area contributed by atoms with E-state index in [4.69, 9.17) is 11.6 Å². The van der Waals surface area contributed by atoms with Gasteiger partial charge in [0.25, 0.3) is 5.91 Å². The summed E-state index contributed by atoms with van der Waals surface area (Å²) in [6.07, 6.45) is 5.21. The van der Waals surface area contributed by atoms with Gasteiger partial charge in [0.1, 0.15) is 9.88 Å². The van der Waals surface area contributed by atoms with Crippen molar-refractivity contribution < 1.29 is 4.79 Å². The van der Waals surface area contributed by atoms with Gasteiger partial charge in [-0.05, 0) is 31.2 Å². The molecule has 0 aliphatic rings. The van der Waals surface area contributed by atoms with E-state index in [0.717, 1.165) is 16.1 Å². The maximum atomic E-state index is 12.7. The van der Waals surface area contributed by atoms with Crippen LogP contribution in [0.5, 0.6) is 0 Å². The Balaban J connectivity index is 1.53. The van der Waals surface area contributed by atoms with E-state index in [2.05, 4.69) is 20.4 Å². The van der Waals surface area contributed by atoms with E-state index in [9.17, 15) is 4.79 Å². The number of carbonyl (C=O) groups excluding carboxylic acids is 1. The minimum absolute atomic E-state index is 0.168. The van der Waals surface area contributed by atoms with Gasteiger partial charge in [-0.15, -0.1) is 11.3 Å². The van der Waals surface area contributed by atoms with Crippen LogP contribution in [0.4, 0.5) is 0 Å². The molecule has 3 aromatic heterocycles. The van der Waals surface area contributed by atoms with Crippen molar-refractivity contribution in [1.82, 2.24) is 25.1 Å². The lowest BCUT2D eigenvalue weighted by molar-refractivity contribution is 0.0954. The van der Waals surface area contributed by atoms with E-state index in [0.29, 0.717) is 28.0 Å². The summed E-state index contributed by atoms with van der Waals surface area (Å²) < 4.78 is 1.68. The molecule has 1 amide bonds. The lowest BCUT2D eigenvalue weighted by Crippen LogP contribution is -2.23. The molecule has 3 heterocycles. The molecule has 4 rings (SSSR count). The fraction of sp³-hybridized carbons (Fsp3) is 0.100. The molecule has 0 aliphatic heterocycles. The zero-order valence-corrected chi connectivity index (χ0v) is 16.5. The van der Waals surface area contributed by atoms with Gasteiger partial charge in [0.2, 0.25) is 0 Å². The van der Waals surface area contributed by atoms with Crippen molar-refractivity contribution in [2.75, 3.05) is 0 Å². The van der Waals surface area contributed by atoms with Gasteiger partial charge >= 0.3 is 0 Å². The number of rotatable bonds is 5. The van der Waals surface area contributed by atoms with Gasteiger partial charge in [-0.1, -0.05) is 29.8 Å². The molecule has 6 nitrogen and oxygen atoms in total. The number of nitrogens with zero attached hydrogens (tertiary/aromatic N) is 4. The van der Waals surface area contributed by atoms with Crippen LogP contribution in [0.25, 0.3) is 16.4 Å². The molecule has 0 unspecified atom stereocenters. The topological polar surface area (TPSA) is 72.7 Å². The number of amides is 1. The molecule has 1 N–H and O–H groups in total. The van der Waals surface area contributed by atoms with Crippen LogP contribution in [-0.4, -0.2) is 25.7 Å². The fourth-order valence-electron chi connectivity index (χ4n) is 2.78. The van der Waals surface area contributed by atoms with Gasteiger partial charge in [-0.3, -0.25) is 4.79 Å². The number of nitrogens with one attached hydrogen (secondary N) is 1. The summed E-state index contributed by atoms with van der Waals surface area (Å²) in [6, 6.07) is 13.0. The molecule has 0 saturated heterocycles. The number of benzene rings is 1. The minimum Gasteiger partial charge on any atom is -0.347 e. The van der Waals surface area contributed by atoms with E-state index in [1.165, 1.54) is 11.3 Å². The lowest BCUT2D eigenvalue weighted by Gasteiger charge is -2.09. The summed E-state index contributed by atoms with van der Waals surface area (Å²) in [5, 5.41) is 8.58. The highest BCUT2D eigenvalue weighted by Gasteiger charge is 2.17. The Kier molecular flexibility index (Phi) is 5.18. The molecule has 140 valence electrons. The molecule has 0 radical (unpaired) electrons. The molecular formula is C20H16ClN5OS. The first kappa shape index (κ1) is 18.3. The molecule has 0 saturated carbocycles. The van der Waals surface area contributed by atoms with Crippen molar-refractivity contribution >= 4 is 28.8 Å².